The second-order valence-electron chi connectivity index (χ2n) is 11.3. The molecule has 0 saturated heterocycles. The van der Waals surface area contributed by atoms with E-state index < -0.39 is 0 Å². The Labute approximate surface area is 288 Å². The number of halogens is 1. The monoisotopic (exact) mass is 650 g/mol. The van der Waals surface area contributed by atoms with Gasteiger partial charge in [-0.25, -0.2) is 29.9 Å². The van der Waals surface area contributed by atoms with Crippen LogP contribution < -0.4 is 0 Å². The second-order valence-corrected chi connectivity index (χ2v) is 11.7. The molecule has 232 valence electrons. The summed E-state index contributed by atoms with van der Waals surface area (Å²) < 4.78 is 0. The van der Waals surface area contributed by atoms with Gasteiger partial charge in [-0.05, 0) is 29.3 Å². The molecule has 0 fully saturated rings. The quantitative estimate of drug-likeness (QED) is 0.171. The molecule has 2 aromatic heterocycles. The highest BCUT2D eigenvalue weighted by Gasteiger charge is 2.20. The number of hydrogen-bond acceptors (Lipinski definition) is 6. The number of aromatic nitrogens is 6. The molecule has 7 heteroatoms. The van der Waals surface area contributed by atoms with Crippen LogP contribution in [-0.4, -0.2) is 29.9 Å². The second kappa shape index (κ2) is 13.4. The fourth-order valence-electron chi connectivity index (χ4n) is 5.71. The number of hydrogen-bond donors (Lipinski definition) is 0. The molecule has 0 amide bonds. The Hall–Kier alpha value is -6.37. The van der Waals surface area contributed by atoms with Gasteiger partial charge in [0.1, 0.15) is 0 Å². The molecule has 8 rings (SSSR count). The van der Waals surface area contributed by atoms with E-state index in [0.717, 1.165) is 44.5 Å². The molecule has 0 bridgehead atoms. The minimum Gasteiger partial charge on any atom is -0.208 e. The van der Waals surface area contributed by atoms with E-state index in [4.69, 9.17) is 41.5 Å². The molecule has 0 aliphatic carbocycles. The molecule has 0 N–H and O–H groups in total. The van der Waals surface area contributed by atoms with Crippen molar-refractivity contribution in [1.82, 2.24) is 29.9 Å². The Bertz CT molecular complexity index is 2270. The third kappa shape index (κ3) is 6.33. The van der Waals surface area contributed by atoms with Crippen molar-refractivity contribution >= 4 is 11.6 Å². The van der Waals surface area contributed by atoms with Crippen molar-refractivity contribution < 1.29 is 0 Å². The highest BCUT2D eigenvalue weighted by atomic mass is 35.5. The summed E-state index contributed by atoms with van der Waals surface area (Å²) >= 11 is 6.72. The Morgan fingerprint density at radius 2 is 0.571 bits per heavy atom. The van der Waals surface area contributed by atoms with Crippen LogP contribution in [-0.2, 0) is 0 Å². The van der Waals surface area contributed by atoms with Gasteiger partial charge in [0.05, 0.1) is 0 Å². The van der Waals surface area contributed by atoms with Crippen LogP contribution in [0.5, 0.6) is 0 Å². The summed E-state index contributed by atoms with van der Waals surface area (Å²) in [5.74, 6) is 3.40. The predicted molar refractivity (Wildman–Crippen MR) is 196 cm³/mol. The molecule has 0 aliphatic heterocycles. The van der Waals surface area contributed by atoms with Crippen LogP contribution in [0.3, 0.4) is 0 Å². The predicted octanol–water partition coefficient (Wildman–Crippen LogP) is 10.4. The first-order valence-electron chi connectivity index (χ1n) is 15.8. The summed E-state index contributed by atoms with van der Waals surface area (Å²) in [5.41, 5.74) is 6.94. The average Bonchev–Trinajstić information content (AvgIpc) is 3.19. The standard InChI is InChI=1S/C42H27ClN6/c43-32-25-26-35(42-48-39(30-19-9-3-10-20-30)45-40(49-42)31-21-11-4-12-22-31)36(27-32)33-23-13-14-24-34(33)41-46-37(28-15-5-1-6-16-28)44-38(47-41)29-17-7-2-8-18-29/h1-27H. The van der Waals surface area contributed by atoms with E-state index in [1.54, 1.807) is 0 Å². The summed E-state index contributed by atoms with van der Waals surface area (Å²) in [6.07, 6.45) is 0. The molecule has 49 heavy (non-hydrogen) atoms. The zero-order chi connectivity index (χ0) is 33.0. The Morgan fingerprint density at radius 3 is 0.959 bits per heavy atom. The summed E-state index contributed by atoms with van der Waals surface area (Å²) in [6.45, 7) is 0. The zero-order valence-corrected chi connectivity index (χ0v) is 26.9. The SMILES string of the molecule is Clc1ccc(-c2nc(-c3ccccc3)nc(-c3ccccc3)n2)c(-c2ccccc2-c2nc(-c3ccccc3)nc(-c3ccccc3)n2)c1. The molecule has 2 heterocycles. The number of benzene rings is 6. The summed E-state index contributed by atoms with van der Waals surface area (Å²) in [4.78, 5) is 29.9. The Morgan fingerprint density at radius 1 is 0.265 bits per heavy atom. The van der Waals surface area contributed by atoms with Crippen LogP contribution in [0.4, 0.5) is 0 Å². The molecule has 0 unspecified atom stereocenters. The van der Waals surface area contributed by atoms with E-state index in [0.29, 0.717) is 40.0 Å². The fourth-order valence-corrected chi connectivity index (χ4v) is 5.88. The normalized spacial score (nSPS) is 11.0. The Balaban J connectivity index is 1.34. The van der Waals surface area contributed by atoms with Gasteiger partial charge in [0.2, 0.25) is 0 Å². The van der Waals surface area contributed by atoms with Gasteiger partial charge in [0.25, 0.3) is 0 Å². The van der Waals surface area contributed by atoms with Crippen molar-refractivity contribution in [3.63, 3.8) is 0 Å². The molecule has 0 spiro atoms. The Kier molecular flexibility index (Phi) is 8.20. The maximum absolute atomic E-state index is 6.72. The van der Waals surface area contributed by atoms with Crippen LogP contribution in [0, 0.1) is 0 Å². The lowest BCUT2D eigenvalue weighted by molar-refractivity contribution is 1.07. The van der Waals surface area contributed by atoms with E-state index in [9.17, 15) is 0 Å². The molecule has 0 atom stereocenters. The van der Waals surface area contributed by atoms with Gasteiger partial charge in [-0.15, -0.1) is 0 Å². The first-order chi connectivity index (χ1) is 24.2. The minimum atomic E-state index is 0.528. The van der Waals surface area contributed by atoms with Gasteiger partial charge in [0, 0.05) is 38.4 Å². The largest absolute Gasteiger partial charge is 0.208 e. The lowest BCUT2D eigenvalue weighted by Crippen LogP contribution is -2.02. The summed E-state index contributed by atoms with van der Waals surface area (Å²) in [6, 6.07) is 53.6. The number of rotatable bonds is 7. The lowest BCUT2D eigenvalue weighted by atomic mass is 9.94. The van der Waals surface area contributed by atoms with Crippen molar-refractivity contribution in [1.29, 1.82) is 0 Å². The van der Waals surface area contributed by atoms with Gasteiger partial charge in [-0.2, -0.15) is 0 Å². The molecule has 0 aliphatic rings. The smallest absolute Gasteiger partial charge is 0.164 e. The van der Waals surface area contributed by atoms with Crippen LogP contribution in [0.2, 0.25) is 5.02 Å². The number of nitrogens with zero attached hydrogens (tertiary/aromatic N) is 6. The van der Waals surface area contributed by atoms with Crippen molar-refractivity contribution in [2.24, 2.45) is 0 Å². The van der Waals surface area contributed by atoms with Gasteiger partial charge in [-0.1, -0.05) is 157 Å². The first-order valence-corrected chi connectivity index (χ1v) is 16.2. The van der Waals surface area contributed by atoms with Gasteiger partial charge < -0.3 is 0 Å². The van der Waals surface area contributed by atoms with E-state index in [-0.39, 0.29) is 0 Å². The summed E-state index contributed by atoms with van der Waals surface area (Å²) in [5, 5.41) is 0.583. The molecule has 6 nitrogen and oxygen atoms in total. The molecule has 8 aromatic rings. The third-order valence-electron chi connectivity index (χ3n) is 8.08. The first kappa shape index (κ1) is 30.0. The highest BCUT2D eigenvalue weighted by molar-refractivity contribution is 6.31. The van der Waals surface area contributed by atoms with E-state index >= 15 is 0 Å². The lowest BCUT2D eigenvalue weighted by Gasteiger charge is -2.15. The fraction of sp³-hybridized carbons (Fsp3) is 0. The van der Waals surface area contributed by atoms with Crippen LogP contribution in [0.1, 0.15) is 0 Å². The van der Waals surface area contributed by atoms with Crippen molar-refractivity contribution in [3.05, 3.63) is 169 Å². The average molecular weight is 651 g/mol. The maximum atomic E-state index is 6.72. The molecule has 0 radical (unpaired) electrons. The van der Waals surface area contributed by atoms with Crippen LogP contribution in [0.15, 0.2) is 164 Å². The van der Waals surface area contributed by atoms with E-state index in [2.05, 4.69) is 6.07 Å². The van der Waals surface area contributed by atoms with Crippen molar-refractivity contribution in [2.75, 3.05) is 0 Å². The molecule has 0 saturated carbocycles. The third-order valence-corrected chi connectivity index (χ3v) is 8.31. The maximum Gasteiger partial charge on any atom is 0.164 e. The van der Waals surface area contributed by atoms with E-state index in [1.807, 2.05) is 158 Å². The van der Waals surface area contributed by atoms with Crippen LogP contribution in [0.25, 0.3) is 79.5 Å². The van der Waals surface area contributed by atoms with Crippen molar-refractivity contribution in [2.45, 2.75) is 0 Å². The van der Waals surface area contributed by atoms with E-state index in [1.165, 1.54) is 0 Å². The van der Waals surface area contributed by atoms with Crippen molar-refractivity contribution in [3.8, 4) is 79.5 Å². The molecule has 6 aromatic carbocycles. The minimum absolute atomic E-state index is 0.528. The highest BCUT2D eigenvalue weighted by Crippen LogP contribution is 2.39. The molecular weight excluding hydrogens is 624 g/mol. The topological polar surface area (TPSA) is 77.3 Å². The molecular formula is C42H27ClN6. The van der Waals surface area contributed by atoms with Crippen LogP contribution >= 0.6 is 11.6 Å². The van der Waals surface area contributed by atoms with Gasteiger partial charge >= 0.3 is 0 Å². The zero-order valence-electron chi connectivity index (χ0n) is 26.1. The summed E-state index contributed by atoms with van der Waals surface area (Å²) in [7, 11) is 0. The van der Waals surface area contributed by atoms with Gasteiger partial charge in [0.15, 0.2) is 34.9 Å². The van der Waals surface area contributed by atoms with Gasteiger partial charge in [-0.3, -0.25) is 0 Å².